The lowest BCUT2D eigenvalue weighted by atomic mass is 9.87. The maximum atomic E-state index is 6.26. The SMILES string of the molecule is CCCN(Cc1cnn(CC)c1)C1(CN)CCCCCC1. The predicted octanol–water partition coefficient (Wildman–Crippen LogP) is 3.17. The van der Waals surface area contributed by atoms with Crippen LogP contribution in [-0.2, 0) is 13.1 Å². The minimum Gasteiger partial charge on any atom is -0.329 e. The molecule has 1 aromatic rings. The number of hydrogen-bond acceptors (Lipinski definition) is 3. The second-order valence-corrected chi connectivity index (χ2v) is 6.47. The Morgan fingerprint density at radius 2 is 1.95 bits per heavy atom. The number of nitrogens with two attached hydrogens (primary N) is 1. The van der Waals surface area contributed by atoms with E-state index < -0.39 is 0 Å². The molecule has 0 unspecified atom stereocenters. The average molecular weight is 292 g/mol. The Morgan fingerprint density at radius 1 is 1.24 bits per heavy atom. The zero-order valence-electron chi connectivity index (χ0n) is 13.9. The molecule has 1 heterocycles. The number of rotatable bonds is 7. The van der Waals surface area contributed by atoms with E-state index in [1.807, 2.05) is 10.9 Å². The maximum Gasteiger partial charge on any atom is 0.0534 e. The van der Waals surface area contributed by atoms with Crippen LogP contribution >= 0.6 is 0 Å². The molecule has 120 valence electrons. The van der Waals surface area contributed by atoms with E-state index in [-0.39, 0.29) is 5.54 Å². The first-order valence-corrected chi connectivity index (χ1v) is 8.70. The van der Waals surface area contributed by atoms with Crippen LogP contribution in [0, 0.1) is 0 Å². The molecule has 2 rings (SSSR count). The first kappa shape index (κ1) is 16.5. The van der Waals surface area contributed by atoms with Gasteiger partial charge < -0.3 is 5.73 Å². The average Bonchev–Trinajstić information content (AvgIpc) is 2.82. The lowest BCUT2D eigenvalue weighted by molar-refractivity contribution is 0.0697. The molecule has 1 aromatic heterocycles. The van der Waals surface area contributed by atoms with E-state index in [1.54, 1.807) is 0 Å². The number of nitrogens with zero attached hydrogens (tertiary/aromatic N) is 3. The van der Waals surface area contributed by atoms with Gasteiger partial charge in [0.2, 0.25) is 0 Å². The van der Waals surface area contributed by atoms with Crippen LogP contribution in [0.1, 0.15) is 64.4 Å². The molecular formula is C17H32N4. The summed E-state index contributed by atoms with van der Waals surface area (Å²) in [7, 11) is 0. The van der Waals surface area contributed by atoms with Crippen LogP contribution in [0.3, 0.4) is 0 Å². The van der Waals surface area contributed by atoms with E-state index in [2.05, 4.69) is 30.0 Å². The highest BCUT2D eigenvalue weighted by Crippen LogP contribution is 2.33. The third kappa shape index (κ3) is 4.07. The van der Waals surface area contributed by atoms with Gasteiger partial charge in [-0.1, -0.05) is 32.6 Å². The molecule has 4 heteroatoms. The normalized spacial score (nSPS) is 18.9. The van der Waals surface area contributed by atoms with E-state index in [0.29, 0.717) is 0 Å². The summed E-state index contributed by atoms with van der Waals surface area (Å²) < 4.78 is 2.02. The summed E-state index contributed by atoms with van der Waals surface area (Å²) >= 11 is 0. The van der Waals surface area contributed by atoms with Crippen LogP contribution < -0.4 is 5.73 Å². The molecule has 0 spiro atoms. The van der Waals surface area contributed by atoms with Crippen molar-refractivity contribution in [1.29, 1.82) is 0 Å². The first-order chi connectivity index (χ1) is 10.2. The lowest BCUT2D eigenvalue weighted by Gasteiger charge is -2.43. The molecule has 1 saturated carbocycles. The first-order valence-electron chi connectivity index (χ1n) is 8.70. The Hall–Kier alpha value is -0.870. The van der Waals surface area contributed by atoms with E-state index in [1.165, 1.54) is 50.5 Å². The Bertz CT molecular complexity index is 405. The van der Waals surface area contributed by atoms with Crippen LogP contribution in [0.5, 0.6) is 0 Å². The standard InChI is InChI=1S/C17H32N4/c1-3-11-20(13-16-12-19-21(4-2)14-16)17(15-18)9-7-5-6-8-10-17/h12,14H,3-11,13,15,18H2,1-2H3. The van der Waals surface area contributed by atoms with E-state index in [9.17, 15) is 0 Å². The molecule has 1 fully saturated rings. The third-order valence-corrected chi connectivity index (χ3v) is 4.96. The molecule has 1 aliphatic carbocycles. The van der Waals surface area contributed by atoms with Crippen molar-refractivity contribution < 1.29 is 0 Å². The lowest BCUT2D eigenvalue weighted by Crippen LogP contribution is -2.53. The molecule has 4 nitrogen and oxygen atoms in total. The summed E-state index contributed by atoms with van der Waals surface area (Å²) in [6.07, 6.45) is 13.3. The van der Waals surface area contributed by atoms with Gasteiger partial charge in [0.25, 0.3) is 0 Å². The minimum atomic E-state index is 0.209. The van der Waals surface area contributed by atoms with E-state index in [4.69, 9.17) is 5.73 Å². The number of aryl methyl sites for hydroxylation is 1. The van der Waals surface area contributed by atoms with E-state index in [0.717, 1.165) is 26.2 Å². The van der Waals surface area contributed by atoms with Crippen LogP contribution in [0.4, 0.5) is 0 Å². The van der Waals surface area contributed by atoms with Gasteiger partial charge in [0.1, 0.15) is 0 Å². The fraction of sp³-hybridized carbons (Fsp3) is 0.824. The van der Waals surface area contributed by atoms with Crippen molar-refractivity contribution in [2.45, 2.75) is 77.4 Å². The zero-order valence-corrected chi connectivity index (χ0v) is 13.9. The van der Waals surface area contributed by atoms with Gasteiger partial charge in [-0.25, -0.2) is 0 Å². The molecular weight excluding hydrogens is 260 g/mol. The summed E-state index contributed by atoms with van der Waals surface area (Å²) in [5.74, 6) is 0. The van der Waals surface area contributed by atoms with Gasteiger partial charge in [-0.05, 0) is 32.7 Å². The molecule has 0 aromatic carbocycles. The maximum absolute atomic E-state index is 6.26. The molecule has 0 amide bonds. The van der Waals surface area contributed by atoms with Crippen molar-refractivity contribution in [2.24, 2.45) is 5.73 Å². The van der Waals surface area contributed by atoms with Crippen molar-refractivity contribution in [3.8, 4) is 0 Å². The fourth-order valence-corrected chi connectivity index (χ4v) is 3.67. The molecule has 0 saturated heterocycles. The Morgan fingerprint density at radius 3 is 2.48 bits per heavy atom. The summed E-state index contributed by atoms with van der Waals surface area (Å²) in [6.45, 7) is 8.25. The molecule has 0 bridgehead atoms. The number of aromatic nitrogens is 2. The monoisotopic (exact) mass is 292 g/mol. The van der Waals surface area contributed by atoms with Crippen molar-refractivity contribution in [3.05, 3.63) is 18.0 Å². The Labute approximate surface area is 129 Å². The van der Waals surface area contributed by atoms with Crippen molar-refractivity contribution >= 4 is 0 Å². The highest BCUT2D eigenvalue weighted by molar-refractivity contribution is 5.06. The molecule has 1 aliphatic rings. The fourth-order valence-electron chi connectivity index (χ4n) is 3.67. The molecule has 0 aliphatic heterocycles. The third-order valence-electron chi connectivity index (χ3n) is 4.96. The molecule has 21 heavy (non-hydrogen) atoms. The van der Waals surface area contributed by atoms with Gasteiger partial charge >= 0.3 is 0 Å². The highest BCUT2D eigenvalue weighted by Gasteiger charge is 2.35. The molecule has 0 radical (unpaired) electrons. The minimum absolute atomic E-state index is 0.209. The Balaban J connectivity index is 2.14. The van der Waals surface area contributed by atoms with Crippen molar-refractivity contribution in [1.82, 2.24) is 14.7 Å². The van der Waals surface area contributed by atoms with Crippen LogP contribution in [-0.4, -0.2) is 33.3 Å². The topological polar surface area (TPSA) is 47.1 Å². The summed E-state index contributed by atoms with van der Waals surface area (Å²) in [5, 5.41) is 4.42. The van der Waals surface area contributed by atoms with Crippen LogP contribution in [0.15, 0.2) is 12.4 Å². The smallest absolute Gasteiger partial charge is 0.0534 e. The second-order valence-electron chi connectivity index (χ2n) is 6.47. The van der Waals surface area contributed by atoms with Gasteiger partial charge in [-0.2, -0.15) is 5.10 Å². The predicted molar refractivity (Wildman–Crippen MR) is 88.1 cm³/mol. The second kappa shape index (κ2) is 7.95. The van der Waals surface area contributed by atoms with Gasteiger partial charge in [-0.3, -0.25) is 9.58 Å². The Kier molecular flexibility index (Phi) is 6.24. The van der Waals surface area contributed by atoms with Crippen LogP contribution in [0.2, 0.25) is 0 Å². The molecule has 2 N–H and O–H groups in total. The largest absolute Gasteiger partial charge is 0.329 e. The highest BCUT2D eigenvalue weighted by atomic mass is 15.3. The van der Waals surface area contributed by atoms with Gasteiger partial charge in [0, 0.05) is 36.9 Å². The summed E-state index contributed by atoms with van der Waals surface area (Å²) in [6, 6.07) is 0. The quantitative estimate of drug-likeness (QED) is 0.785. The number of hydrogen-bond donors (Lipinski definition) is 1. The van der Waals surface area contributed by atoms with Gasteiger partial charge in [-0.15, -0.1) is 0 Å². The van der Waals surface area contributed by atoms with E-state index >= 15 is 0 Å². The van der Waals surface area contributed by atoms with Crippen LogP contribution in [0.25, 0.3) is 0 Å². The summed E-state index contributed by atoms with van der Waals surface area (Å²) in [5.41, 5.74) is 7.79. The summed E-state index contributed by atoms with van der Waals surface area (Å²) in [4.78, 5) is 2.65. The van der Waals surface area contributed by atoms with Crippen molar-refractivity contribution in [2.75, 3.05) is 13.1 Å². The van der Waals surface area contributed by atoms with Gasteiger partial charge in [0.15, 0.2) is 0 Å². The van der Waals surface area contributed by atoms with Crippen molar-refractivity contribution in [3.63, 3.8) is 0 Å². The molecule has 0 atom stereocenters. The van der Waals surface area contributed by atoms with Gasteiger partial charge in [0.05, 0.1) is 6.20 Å². The zero-order chi connectivity index (χ0) is 15.1.